The molecule has 146 valence electrons. The Morgan fingerprint density at radius 3 is 2.57 bits per heavy atom. The van der Waals surface area contributed by atoms with Crippen molar-refractivity contribution in [3.63, 3.8) is 0 Å². The molecule has 1 N–H and O–H groups in total. The van der Waals surface area contributed by atoms with Crippen LogP contribution in [0.4, 0.5) is 0 Å². The van der Waals surface area contributed by atoms with Crippen LogP contribution in [-0.4, -0.2) is 36.9 Å². The molecule has 1 amide bonds. The van der Waals surface area contributed by atoms with Crippen LogP contribution in [0.2, 0.25) is 5.02 Å². The molecule has 0 fully saturated rings. The molecule has 28 heavy (non-hydrogen) atoms. The van der Waals surface area contributed by atoms with Crippen molar-refractivity contribution >= 4 is 29.3 Å². The third kappa shape index (κ3) is 4.72. The van der Waals surface area contributed by atoms with Crippen molar-refractivity contribution in [2.45, 2.75) is 38.4 Å². The van der Waals surface area contributed by atoms with Gasteiger partial charge >= 0.3 is 0 Å². The fraction of sp³-hybridized carbons (Fsp3) is 0.300. The van der Waals surface area contributed by atoms with Gasteiger partial charge in [0.15, 0.2) is 11.0 Å². The van der Waals surface area contributed by atoms with E-state index in [1.165, 1.54) is 11.8 Å². The van der Waals surface area contributed by atoms with Gasteiger partial charge in [0, 0.05) is 28.5 Å². The largest absolute Gasteiger partial charge is 0.351 e. The van der Waals surface area contributed by atoms with Gasteiger partial charge in [0.25, 0.3) is 0 Å². The van der Waals surface area contributed by atoms with Crippen LogP contribution < -0.4 is 5.32 Å². The first-order valence-corrected chi connectivity index (χ1v) is 10.2. The van der Waals surface area contributed by atoms with Crippen LogP contribution in [0, 0.1) is 6.92 Å². The zero-order valence-corrected chi connectivity index (χ0v) is 17.8. The highest BCUT2D eigenvalue weighted by Crippen LogP contribution is 2.31. The number of halogens is 1. The average Bonchev–Trinajstić information content (AvgIpc) is 3.05. The van der Waals surface area contributed by atoms with E-state index >= 15 is 0 Å². The van der Waals surface area contributed by atoms with E-state index in [4.69, 9.17) is 11.6 Å². The Labute approximate surface area is 173 Å². The van der Waals surface area contributed by atoms with Gasteiger partial charge in [-0.05, 0) is 57.5 Å². The Bertz CT molecular complexity index is 982. The molecule has 0 saturated heterocycles. The molecule has 2 heterocycles. The first-order chi connectivity index (χ1) is 13.3. The van der Waals surface area contributed by atoms with E-state index in [9.17, 15) is 4.79 Å². The smallest absolute Gasteiger partial charge is 0.230 e. The normalized spacial score (nSPS) is 11.5. The van der Waals surface area contributed by atoms with Crippen LogP contribution in [0.3, 0.4) is 0 Å². The second kappa shape index (κ2) is 8.32. The van der Waals surface area contributed by atoms with Gasteiger partial charge in [-0.25, -0.2) is 0 Å². The SMILES string of the molecule is Cc1c(Cl)cccc1-n1c(SCC(=O)NC(C)(C)C)nnc1-c1ccncc1. The molecule has 1 aromatic carbocycles. The Balaban J connectivity index is 2.00. The van der Waals surface area contributed by atoms with E-state index in [2.05, 4.69) is 20.5 Å². The van der Waals surface area contributed by atoms with Crippen molar-refractivity contribution in [1.82, 2.24) is 25.1 Å². The van der Waals surface area contributed by atoms with Crippen molar-refractivity contribution in [3.8, 4) is 17.1 Å². The molecule has 0 unspecified atom stereocenters. The molecule has 0 atom stereocenters. The van der Waals surface area contributed by atoms with Crippen LogP contribution in [0.15, 0.2) is 47.9 Å². The Morgan fingerprint density at radius 2 is 1.89 bits per heavy atom. The molecule has 0 radical (unpaired) electrons. The summed E-state index contributed by atoms with van der Waals surface area (Å²) in [6, 6.07) is 9.46. The number of amides is 1. The lowest BCUT2D eigenvalue weighted by Gasteiger charge is -2.20. The van der Waals surface area contributed by atoms with Gasteiger partial charge in [0.2, 0.25) is 5.91 Å². The van der Waals surface area contributed by atoms with Gasteiger partial charge in [-0.1, -0.05) is 29.4 Å². The van der Waals surface area contributed by atoms with E-state index in [1.54, 1.807) is 12.4 Å². The number of rotatable bonds is 5. The highest BCUT2D eigenvalue weighted by Gasteiger charge is 2.20. The average molecular weight is 416 g/mol. The molecule has 0 bridgehead atoms. The maximum absolute atomic E-state index is 12.3. The Morgan fingerprint density at radius 1 is 1.18 bits per heavy atom. The summed E-state index contributed by atoms with van der Waals surface area (Å²) < 4.78 is 1.94. The zero-order chi connectivity index (χ0) is 20.3. The number of hydrogen-bond acceptors (Lipinski definition) is 5. The molecule has 0 saturated carbocycles. The topological polar surface area (TPSA) is 72.7 Å². The molecule has 3 rings (SSSR count). The van der Waals surface area contributed by atoms with E-state index in [0.717, 1.165) is 16.8 Å². The number of carbonyl (C=O) groups excluding carboxylic acids is 1. The number of aromatic nitrogens is 4. The second-order valence-electron chi connectivity index (χ2n) is 7.35. The first-order valence-electron chi connectivity index (χ1n) is 8.81. The fourth-order valence-electron chi connectivity index (χ4n) is 2.69. The minimum absolute atomic E-state index is 0.0553. The molecular weight excluding hydrogens is 394 g/mol. The predicted octanol–water partition coefficient (Wildman–Crippen LogP) is 4.30. The summed E-state index contributed by atoms with van der Waals surface area (Å²) in [4.78, 5) is 16.3. The van der Waals surface area contributed by atoms with Gasteiger partial charge in [-0.2, -0.15) is 0 Å². The standard InChI is InChI=1S/C20H22ClN5OS/c1-13-15(21)6-5-7-16(13)26-18(14-8-10-22-11-9-14)24-25-19(26)28-12-17(27)23-20(2,3)4/h5-11H,12H2,1-4H3,(H,23,27). The van der Waals surface area contributed by atoms with Crippen LogP contribution >= 0.6 is 23.4 Å². The molecule has 0 aliphatic carbocycles. The van der Waals surface area contributed by atoms with E-state index in [-0.39, 0.29) is 17.2 Å². The van der Waals surface area contributed by atoms with Crippen LogP contribution in [0.1, 0.15) is 26.3 Å². The predicted molar refractivity (Wildman–Crippen MR) is 113 cm³/mol. The highest BCUT2D eigenvalue weighted by molar-refractivity contribution is 7.99. The molecule has 0 aliphatic rings. The molecule has 0 spiro atoms. The molecular formula is C20H22ClN5OS. The maximum Gasteiger partial charge on any atom is 0.230 e. The minimum atomic E-state index is -0.281. The summed E-state index contributed by atoms with van der Waals surface area (Å²) >= 11 is 7.69. The number of pyridine rings is 1. The van der Waals surface area contributed by atoms with Crippen LogP contribution in [-0.2, 0) is 4.79 Å². The van der Waals surface area contributed by atoms with Crippen LogP contribution in [0.25, 0.3) is 17.1 Å². The number of nitrogens with one attached hydrogen (secondary N) is 1. The van der Waals surface area contributed by atoms with Gasteiger partial charge in [0.05, 0.1) is 11.4 Å². The molecule has 2 aromatic heterocycles. The first kappa shape index (κ1) is 20.4. The Hall–Kier alpha value is -2.38. The summed E-state index contributed by atoms with van der Waals surface area (Å²) in [6.07, 6.45) is 3.42. The van der Waals surface area contributed by atoms with Gasteiger partial charge < -0.3 is 5.32 Å². The summed E-state index contributed by atoms with van der Waals surface area (Å²) in [6.45, 7) is 7.81. The number of benzene rings is 1. The third-order valence-electron chi connectivity index (χ3n) is 3.90. The van der Waals surface area contributed by atoms with Crippen molar-refractivity contribution in [1.29, 1.82) is 0 Å². The lowest BCUT2D eigenvalue weighted by atomic mass is 10.1. The lowest BCUT2D eigenvalue weighted by molar-refractivity contribution is -0.119. The van der Waals surface area contributed by atoms with Gasteiger partial charge in [0.1, 0.15) is 0 Å². The highest BCUT2D eigenvalue weighted by atomic mass is 35.5. The number of nitrogens with zero attached hydrogens (tertiary/aromatic N) is 4. The minimum Gasteiger partial charge on any atom is -0.351 e. The fourth-order valence-corrected chi connectivity index (χ4v) is 3.61. The quantitative estimate of drug-likeness (QED) is 0.629. The van der Waals surface area contributed by atoms with Gasteiger partial charge in [-0.3, -0.25) is 14.3 Å². The van der Waals surface area contributed by atoms with Crippen molar-refractivity contribution in [3.05, 3.63) is 53.3 Å². The molecule has 6 nitrogen and oxygen atoms in total. The van der Waals surface area contributed by atoms with E-state index in [1.807, 2.05) is 62.6 Å². The number of carbonyl (C=O) groups is 1. The number of hydrogen-bond donors (Lipinski definition) is 1. The maximum atomic E-state index is 12.3. The summed E-state index contributed by atoms with van der Waals surface area (Å²) in [7, 11) is 0. The van der Waals surface area contributed by atoms with Crippen molar-refractivity contribution in [2.75, 3.05) is 5.75 Å². The third-order valence-corrected chi connectivity index (χ3v) is 5.24. The molecule has 0 aliphatic heterocycles. The lowest BCUT2D eigenvalue weighted by Crippen LogP contribution is -2.41. The van der Waals surface area contributed by atoms with Crippen molar-refractivity contribution in [2.24, 2.45) is 0 Å². The van der Waals surface area contributed by atoms with Crippen molar-refractivity contribution < 1.29 is 4.79 Å². The zero-order valence-electron chi connectivity index (χ0n) is 16.2. The second-order valence-corrected chi connectivity index (χ2v) is 8.70. The monoisotopic (exact) mass is 415 g/mol. The van der Waals surface area contributed by atoms with E-state index < -0.39 is 0 Å². The number of thioether (sulfide) groups is 1. The van der Waals surface area contributed by atoms with Crippen LogP contribution in [0.5, 0.6) is 0 Å². The van der Waals surface area contributed by atoms with Gasteiger partial charge in [-0.15, -0.1) is 10.2 Å². The summed E-state index contributed by atoms with van der Waals surface area (Å²) in [5.74, 6) is 0.859. The van der Waals surface area contributed by atoms with E-state index in [0.29, 0.717) is 16.0 Å². The summed E-state index contributed by atoms with van der Waals surface area (Å²) in [5.41, 5.74) is 2.40. The molecule has 8 heteroatoms. The summed E-state index contributed by atoms with van der Waals surface area (Å²) in [5, 5.41) is 13.0. The Kier molecular flexibility index (Phi) is 6.05. The molecule has 3 aromatic rings.